The third kappa shape index (κ3) is 4.48. The molecule has 2 unspecified atom stereocenters. The van der Waals surface area contributed by atoms with Crippen LogP contribution in [0.15, 0.2) is 36.5 Å². The predicted molar refractivity (Wildman–Crippen MR) is 164 cm³/mol. The van der Waals surface area contributed by atoms with Crippen LogP contribution in [0.1, 0.15) is 44.6 Å². The summed E-state index contributed by atoms with van der Waals surface area (Å²) in [6.45, 7) is 4.95. The summed E-state index contributed by atoms with van der Waals surface area (Å²) >= 11 is 0. The van der Waals surface area contributed by atoms with Gasteiger partial charge in [-0.2, -0.15) is 0 Å². The fourth-order valence-corrected chi connectivity index (χ4v) is 8.32. The smallest absolute Gasteiger partial charge is 0.216 e. The highest BCUT2D eigenvalue weighted by Gasteiger charge is 2.49. The summed E-state index contributed by atoms with van der Waals surface area (Å²) in [6, 6.07) is 8.52. The van der Waals surface area contributed by atoms with Gasteiger partial charge in [-0.15, -0.1) is 0 Å². The maximum atomic E-state index is 16.8. The number of fused-ring (bicyclic) bond motifs is 5. The molecule has 2 aromatic carbocycles. The molecule has 44 heavy (non-hydrogen) atoms. The number of halogens is 3. The molecule has 7 nitrogen and oxygen atoms in total. The zero-order valence-electron chi connectivity index (χ0n) is 24.8. The van der Waals surface area contributed by atoms with Gasteiger partial charge in [-0.1, -0.05) is 13.0 Å². The second-order valence-electron chi connectivity index (χ2n) is 13.0. The zero-order valence-corrected chi connectivity index (χ0v) is 24.8. The van der Waals surface area contributed by atoms with Crippen molar-refractivity contribution >= 4 is 27.4 Å². The summed E-state index contributed by atoms with van der Waals surface area (Å²) in [6.07, 6.45) is 5.61. The molecule has 0 aliphatic carbocycles. The minimum atomic E-state index is -0.878. The molecule has 0 amide bonds. The summed E-state index contributed by atoms with van der Waals surface area (Å²) in [5.74, 6) is -0.817. The van der Waals surface area contributed by atoms with Crippen molar-refractivity contribution in [3.8, 4) is 22.9 Å². The first-order valence-electron chi connectivity index (χ1n) is 15.8. The predicted octanol–water partition coefficient (Wildman–Crippen LogP) is 5.89. The quantitative estimate of drug-likeness (QED) is 0.285. The average Bonchev–Trinajstić information content (AvgIpc) is 3.66. The number of ether oxygens (including phenoxy) is 1. The first kappa shape index (κ1) is 27.9. The number of pyridine rings is 2. The van der Waals surface area contributed by atoms with Gasteiger partial charge in [0.2, 0.25) is 5.88 Å². The number of piperazine rings is 1. The number of aromatic hydroxyl groups is 1. The van der Waals surface area contributed by atoms with Gasteiger partial charge < -0.3 is 20.1 Å². The number of nitrogens with one attached hydrogen (secondary N) is 1. The molecule has 2 bridgehead atoms. The number of aromatic nitrogens is 2. The fraction of sp³-hybridized carbons (Fsp3) is 0.471. The van der Waals surface area contributed by atoms with E-state index in [4.69, 9.17) is 9.72 Å². The van der Waals surface area contributed by atoms with Crippen molar-refractivity contribution in [3.63, 3.8) is 0 Å². The normalized spacial score (nSPS) is 26.6. The summed E-state index contributed by atoms with van der Waals surface area (Å²) in [4.78, 5) is 13.7. The highest BCUT2D eigenvalue weighted by Crippen LogP contribution is 2.43. The molecule has 230 valence electrons. The molecule has 2 N–H and O–H groups in total. The number of phenolic OH excluding ortho intramolecular Hbond substituents is 1. The topological polar surface area (TPSA) is 73.8 Å². The number of hydrogen-bond acceptors (Lipinski definition) is 7. The molecular formula is C34H36F3N5O2. The van der Waals surface area contributed by atoms with Gasteiger partial charge in [0, 0.05) is 61.4 Å². The second-order valence-corrected chi connectivity index (χ2v) is 13.0. The van der Waals surface area contributed by atoms with Crippen molar-refractivity contribution in [3.05, 3.63) is 53.7 Å². The van der Waals surface area contributed by atoms with Gasteiger partial charge in [0.1, 0.15) is 35.6 Å². The zero-order chi connectivity index (χ0) is 30.2. The van der Waals surface area contributed by atoms with Crippen LogP contribution in [-0.2, 0) is 6.42 Å². The molecule has 4 fully saturated rings. The maximum Gasteiger partial charge on any atom is 0.216 e. The van der Waals surface area contributed by atoms with Crippen molar-refractivity contribution < 1.29 is 23.0 Å². The van der Waals surface area contributed by atoms with E-state index in [9.17, 15) is 13.9 Å². The van der Waals surface area contributed by atoms with Crippen molar-refractivity contribution in [2.45, 2.75) is 69.2 Å². The molecule has 0 spiro atoms. The molecule has 4 aliphatic heterocycles. The summed E-state index contributed by atoms with van der Waals surface area (Å²) < 4.78 is 52.6. The molecule has 4 saturated heterocycles. The van der Waals surface area contributed by atoms with Crippen molar-refractivity contribution in [1.82, 2.24) is 20.2 Å². The van der Waals surface area contributed by atoms with Crippen LogP contribution in [0.25, 0.3) is 32.9 Å². The number of nitrogens with zero attached hydrogens (tertiary/aromatic N) is 4. The van der Waals surface area contributed by atoms with E-state index in [1.807, 2.05) is 13.0 Å². The molecule has 10 heteroatoms. The number of benzene rings is 2. The van der Waals surface area contributed by atoms with Gasteiger partial charge in [-0.25, -0.2) is 18.2 Å². The summed E-state index contributed by atoms with van der Waals surface area (Å²) in [5, 5.41) is 15.9. The van der Waals surface area contributed by atoms with E-state index < -0.39 is 12.0 Å². The van der Waals surface area contributed by atoms with E-state index in [1.165, 1.54) is 12.1 Å². The molecule has 6 heterocycles. The maximum absolute atomic E-state index is 16.8. The van der Waals surface area contributed by atoms with Gasteiger partial charge in [-0.05, 0) is 73.2 Å². The van der Waals surface area contributed by atoms with Crippen LogP contribution < -0.4 is 15.0 Å². The fourth-order valence-electron chi connectivity index (χ4n) is 8.32. The van der Waals surface area contributed by atoms with Crippen LogP contribution in [0, 0.1) is 11.6 Å². The van der Waals surface area contributed by atoms with E-state index in [0.717, 1.165) is 51.0 Å². The number of alkyl halides is 1. The van der Waals surface area contributed by atoms with Crippen LogP contribution in [0.5, 0.6) is 11.6 Å². The monoisotopic (exact) mass is 603 g/mol. The third-order valence-corrected chi connectivity index (χ3v) is 10.3. The van der Waals surface area contributed by atoms with E-state index in [1.54, 1.807) is 18.3 Å². The lowest BCUT2D eigenvalue weighted by Gasteiger charge is -2.35. The summed E-state index contributed by atoms with van der Waals surface area (Å²) in [7, 11) is 0. The number of anilines is 1. The van der Waals surface area contributed by atoms with Crippen LogP contribution in [0.4, 0.5) is 18.9 Å². The third-order valence-electron chi connectivity index (χ3n) is 10.3. The van der Waals surface area contributed by atoms with Gasteiger partial charge in [-0.3, -0.25) is 9.88 Å². The largest absolute Gasteiger partial charge is 0.508 e. The number of aryl methyl sites for hydroxylation is 1. The lowest BCUT2D eigenvalue weighted by atomic mass is 9.94. The minimum absolute atomic E-state index is 0.00805. The Morgan fingerprint density at radius 2 is 1.93 bits per heavy atom. The Morgan fingerprint density at radius 3 is 2.73 bits per heavy atom. The van der Waals surface area contributed by atoms with Crippen LogP contribution in [0.2, 0.25) is 0 Å². The Hall–Kier alpha value is -3.63. The first-order valence-corrected chi connectivity index (χ1v) is 15.8. The highest BCUT2D eigenvalue weighted by molar-refractivity contribution is 6.02. The molecular weight excluding hydrogens is 567 g/mol. The standard InChI is InChI=1S/C34H36F3N5O2/c1-2-24-27(36)7-4-19-10-23(43)11-25(30(19)24)32-31(37)33-26(14-38-32)28(41-16-21-5-6-22(17-41)39-21)12-29(40-33)44-18-34-8-3-9-42(34)15-20(35)13-34/h4,7,10-12,14,20-22,39,43H,2-3,5-6,8-9,13,15-18H2,1H3/t20-,21?,22?,34+/m1/s1. The van der Waals surface area contributed by atoms with Crippen LogP contribution in [0.3, 0.4) is 0 Å². The van der Waals surface area contributed by atoms with E-state index in [0.29, 0.717) is 64.6 Å². The Balaban J connectivity index is 1.27. The van der Waals surface area contributed by atoms with Crippen molar-refractivity contribution in [2.24, 2.45) is 0 Å². The molecule has 0 saturated carbocycles. The summed E-state index contributed by atoms with van der Waals surface area (Å²) in [5.41, 5.74) is 1.28. The molecule has 8 rings (SSSR count). The lowest BCUT2D eigenvalue weighted by molar-refractivity contribution is 0.111. The average molecular weight is 604 g/mol. The van der Waals surface area contributed by atoms with E-state index in [-0.39, 0.29) is 34.9 Å². The Bertz CT molecular complexity index is 1770. The van der Waals surface area contributed by atoms with Crippen LogP contribution in [-0.4, -0.2) is 76.6 Å². The van der Waals surface area contributed by atoms with Gasteiger partial charge in [0.25, 0.3) is 0 Å². The van der Waals surface area contributed by atoms with Gasteiger partial charge >= 0.3 is 0 Å². The lowest BCUT2D eigenvalue weighted by Crippen LogP contribution is -2.51. The SMILES string of the molecule is CCc1c(F)ccc2cc(O)cc(-c3ncc4c(N5CC6CCC(C5)N6)cc(OC[C@@]56CCCN5C[C@H](F)C6)nc4c3F)c12. The molecule has 4 atom stereocenters. The van der Waals surface area contributed by atoms with E-state index >= 15 is 4.39 Å². The number of hydrogen-bond donors (Lipinski definition) is 2. The van der Waals surface area contributed by atoms with E-state index in [2.05, 4.69) is 20.1 Å². The number of phenols is 1. The first-order chi connectivity index (χ1) is 21.3. The molecule has 4 aliphatic rings. The second kappa shape index (κ2) is 10.5. The van der Waals surface area contributed by atoms with Gasteiger partial charge in [0.15, 0.2) is 5.82 Å². The Kier molecular flexibility index (Phi) is 6.64. The number of rotatable bonds is 6. The van der Waals surface area contributed by atoms with Crippen molar-refractivity contribution in [2.75, 3.05) is 37.7 Å². The van der Waals surface area contributed by atoms with Crippen LogP contribution >= 0.6 is 0 Å². The van der Waals surface area contributed by atoms with Gasteiger partial charge in [0.05, 0.1) is 11.2 Å². The Morgan fingerprint density at radius 1 is 1.11 bits per heavy atom. The van der Waals surface area contributed by atoms with Crippen molar-refractivity contribution in [1.29, 1.82) is 0 Å². The molecule has 4 aromatic rings. The molecule has 0 radical (unpaired) electrons. The molecule has 2 aromatic heterocycles. The Labute approximate surface area is 254 Å². The highest BCUT2D eigenvalue weighted by atomic mass is 19.1. The minimum Gasteiger partial charge on any atom is -0.508 e.